The molecule has 0 saturated carbocycles. The second-order valence-corrected chi connectivity index (χ2v) is 6.52. The van der Waals surface area contributed by atoms with Crippen molar-refractivity contribution in [3.63, 3.8) is 0 Å². The number of rotatable bonds is 6. The highest BCUT2D eigenvalue weighted by Crippen LogP contribution is 2.22. The molecular formula is C19H22N4O3. The zero-order valence-electron chi connectivity index (χ0n) is 14.9. The molecule has 0 bridgehead atoms. The maximum Gasteiger partial charge on any atom is 0.259 e. The Kier molecular flexibility index (Phi) is 5.16. The lowest BCUT2D eigenvalue weighted by molar-refractivity contribution is -0.132. The number of nitrogens with one attached hydrogen (secondary N) is 3. The van der Waals surface area contributed by atoms with Crippen LogP contribution in [0, 0.1) is 12.8 Å². The predicted octanol–water partition coefficient (Wildman–Crippen LogP) is 1.61. The highest BCUT2D eigenvalue weighted by molar-refractivity contribution is 6.15. The van der Waals surface area contributed by atoms with Crippen molar-refractivity contribution in [2.24, 2.45) is 10.9 Å². The summed E-state index contributed by atoms with van der Waals surface area (Å²) in [7, 11) is 0. The molecule has 0 spiro atoms. The molecule has 136 valence electrons. The Hall–Kier alpha value is -2.96. The van der Waals surface area contributed by atoms with E-state index in [1.54, 1.807) is 0 Å². The van der Waals surface area contributed by atoms with Gasteiger partial charge in [0.1, 0.15) is 11.8 Å². The number of carbonyl (C=O) groups excluding carboxylic acids is 3. The lowest BCUT2D eigenvalue weighted by atomic mass is 10.1. The van der Waals surface area contributed by atoms with Crippen LogP contribution in [0.3, 0.4) is 0 Å². The van der Waals surface area contributed by atoms with E-state index in [4.69, 9.17) is 0 Å². The fraction of sp³-hybridized carbons (Fsp3) is 0.368. The Morgan fingerprint density at radius 3 is 2.85 bits per heavy atom. The highest BCUT2D eigenvalue weighted by Gasteiger charge is 2.27. The molecule has 3 amide bonds. The van der Waals surface area contributed by atoms with Gasteiger partial charge in [-0.2, -0.15) is 4.99 Å². The minimum Gasteiger partial charge on any atom is -0.361 e. The van der Waals surface area contributed by atoms with Gasteiger partial charge in [-0.1, -0.05) is 18.2 Å². The number of H-pyrrole nitrogens is 1. The van der Waals surface area contributed by atoms with E-state index in [9.17, 15) is 14.4 Å². The number of amidine groups is 1. The van der Waals surface area contributed by atoms with Crippen LogP contribution in [0.25, 0.3) is 10.9 Å². The summed E-state index contributed by atoms with van der Waals surface area (Å²) in [4.78, 5) is 42.2. The number of aromatic amines is 1. The Labute approximate surface area is 151 Å². The Bertz CT molecular complexity index is 897. The summed E-state index contributed by atoms with van der Waals surface area (Å²) in [5, 5.41) is 6.53. The summed E-state index contributed by atoms with van der Waals surface area (Å²) in [5.41, 5.74) is 3.40. The number of aromatic nitrogens is 1. The number of hydrogen-bond acceptors (Lipinski definition) is 3. The maximum absolute atomic E-state index is 12.0. The summed E-state index contributed by atoms with van der Waals surface area (Å²) < 4.78 is 0. The molecule has 1 aromatic heterocycles. The van der Waals surface area contributed by atoms with E-state index in [-0.39, 0.29) is 11.8 Å². The van der Waals surface area contributed by atoms with Crippen molar-refractivity contribution in [2.75, 3.05) is 6.54 Å². The summed E-state index contributed by atoms with van der Waals surface area (Å²) in [6.45, 7) is 3.89. The molecule has 0 radical (unpaired) electrons. The van der Waals surface area contributed by atoms with Gasteiger partial charge in [0.2, 0.25) is 11.8 Å². The van der Waals surface area contributed by atoms with E-state index >= 15 is 0 Å². The SMILES string of the molecule is Cc1cccc2c(CCC(=O)NCCC3=NC(=O)C(C)C(=O)N3)c[nH]c12. The van der Waals surface area contributed by atoms with Crippen molar-refractivity contribution in [2.45, 2.75) is 33.1 Å². The second kappa shape index (κ2) is 7.51. The molecule has 0 fully saturated rings. The van der Waals surface area contributed by atoms with Gasteiger partial charge in [-0.15, -0.1) is 0 Å². The molecule has 2 heterocycles. The van der Waals surface area contributed by atoms with Crippen molar-refractivity contribution >= 4 is 34.5 Å². The summed E-state index contributed by atoms with van der Waals surface area (Å²) >= 11 is 0. The number of aryl methyl sites for hydroxylation is 2. The van der Waals surface area contributed by atoms with Crippen LogP contribution in [0.15, 0.2) is 29.4 Å². The van der Waals surface area contributed by atoms with E-state index in [1.165, 1.54) is 12.5 Å². The molecule has 1 aliphatic rings. The third-order valence-electron chi connectivity index (χ3n) is 4.59. The van der Waals surface area contributed by atoms with Crippen LogP contribution in [0.2, 0.25) is 0 Å². The maximum atomic E-state index is 12.0. The second-order valence-electron chi connectivity index (χ2n) is 6.52. The Morgan fingerprint density at radius 1 is 1.27 bits per heavy atom. The first-order chi connectivity index (χ1) is 12.5. The number of hydrogen-bond donors (Lipinski definition) is 3. The van der Waals surface area contributed by atoms with Crippen LogP contribution in [0.5, 0.6) is 0 Å². The van der Waals surface area contributed by atoms with Crippen LogP contribution in [0.4, 0.5) is 0 Å². The van der Waals surface area contributed by atoms with Crippen molar-refractivity contribution < 1.29 is 14.4 Å². The number of carbonyl (C=O) groups is 3. The fourth-order valence-corrected chi connectivity index (χ4v) is 2.97. The quantitative estimate of drug-likeness (QED) is 0.687. The van der Waals surface area contributed by atoms with Gasteiger partial charge in [0.05, 0.1) is 0 Å². The normalized spacial score (nSPS) is 17.2. The summed E-state index contributed by atoms with van der Waals surface area (Å²) in [6.07, 6.45) is 3.28. The van der Waals surface area contributed by atoms with Gasteiger partial charge in [-0.05, 0) is 31.4 Å². The number of fused-ring (bicyclic) bond motifs is 1. The molecule has 7 heteroatoms. The summed E-state index contributed by atoms with van der Waals surface area (Å²) in [6, 6.07) is 6.11. The monoisotopic (exact) mass is 354 g/mol. The zero-order chi connectivity index (χ0) is 18.7. The van der Waals surface area contributed by atoms with Gasteiger partial charge in [-0.25, -0.2) is 0 Å². The number of nitrogens with zero attached hydrogens (tertiary/aromatic N) is 1. The fourth-order valence-electron chi connectivity index (χ4n) is 2.97. The van der Waals surface area contributed by atoms with E-state index < -0.39 is 11.8 Å². The molecule has 7 nitrogen and oxygen atoms in total. The van der Waals surface area contributed by atoms with Gasteiger partial charge in [0.25, 0.3) is 5.91 Å². The highest BCUT2D eigenvalue weighted by atomic mass is 16.2. The van der Waals surface area contributed by atoms with Crippen molar-refractivity contribution in [3.05, 3.63) is 35.5 Å². The van der Waals surface area contributed by atoms with Crippen molar-refractivity contribution in [1.82, 2.24) is 15.6 Å². The predicted molar refractivity (Wildman–Crippen MR) is 98.7 cm³/mol. The first-order valence-electron chi connectivity index (χ1n) is 8.70. The molecule has 1 unspecified atom stereocenters. The molecule has 3 N–H and O–H groups in total. The molecule has 1 atom stereocenters. The van der Waals surface area contributed by atoms with Gasteiger partial charge in [0.15, 0.2) is 0 Å². The third kappa shape index (κ3) is 3.82. The topological polar surface area (TPSA) is 103 Å². The number of benzene rings is 1. The van der Waals surface area contributed by atoms with E-state index in [2.05, 4.69) is 20.6 Å². The van der Waals surface area contributed by atoms with Gasteiger partial charge in [-0.3, -0.25) is 14.4 Å². The molecule has 1 aromatic carbocycles. The molecule has 1 aliphatic heterocycles. The average Bonchev–Trinajstić information content (AvgIpc) is 3.02. The first kappa shape index (κ1) is 17.8. The van der Waals surface area contributed by atoms with Crippen LogP contribution in [-0.2, 0) is 20.8 Å². The minimum atomic E-state index is -0.742. The van der Waals surface area contributed by atoms with Crippen molar-refractivity contribution in [3.8, 4) is 0 Å². The third-order valence-corrected chi connectivity index (χ3v) is 4.59. The number of amides is 3. The molecule has 3 rings (SSSR count). The van der Waals surface area contributed by atoms with Crippen LogP contribution >= 0.6 is 0 Å². The first-order valence-corrected chi connectivity index (χ1v) is 8.70. The van der Waals surface area contributed by atoms with Gasteiger partial charge >= 0.3 is 0 Å². The average molecular weight is 354 g/mol. The van der Waals surface area contributed by atoms with Crippen molar-refractivity contribution in [1.29, 1.82) is 0 Å². The molecular weight excluding hydrogens is 332 g/mol. The van der Waals surface area contributed by atoms with E-state index in [1.807, 2.05) is 31.3 Å². The zero-order valence-corrected chi connectivity index (χ0v) is 14.9. The number of para-hydroxylation sites is 1. The Morgan fingerprint density at radius 2 is 2.08 bits per heavy atom. The van der Waals surface area contributed by atoms with Crippen LogP contribution in [0.1, 0.15) is 30.9 Å². The van der Waals surface area contributed by atoms with Gasteiger partial charge < -0.3 is 15.6 Å². The smallest absolute Gasteiger partial charge is 0.259 e. The van der Waals surface area contributed by atoms with Crippen LogP contribution in [-0.4, -0.2) is 35.1 Å². The standard InChI is InChI=1S/C19H22N4O3/c1-11-4-3-5-14-13(10-21-17(11)14)6-7-16(24)20-9-8-15-22-18(25)12(2)19(26)23-15/h3-5,10,12,21H,6-9H2,1-2H3,(H,20,24)(H,22,23,25,26). The molecule has 0 saturated heterocycles. The lowest BCUT2D eigenvalue weighted by Crippen LogP contribution is -2.43. The molecule has 26 heavy (non-hydrogen) atoms. The lowest BCUT2D eigenvalue weighted by Gasteiger charge is -2.17. The van der Waals surface area contributed by atoms with Crippen LogP contribution < -0.4 is 10.6 Å². The molecule has 0 aliphatic carbocycles. The largest absolute Gasteiger partial charge is 0.361 e. The number of aliphatic imine (C=N–C) groups is 1. The van der Waals surface area contributed by atoms with E-state index in [0.717, 1.165) is 16.5 Å². The summed E-state index contributed by atoms with van der Waals surface area (Å²) in [5.74, 6) is -1.29. The van der Waals surface area contributed by atoms with Gasteiger partial charge in [0, 0.05) is 36.5 Å². The van der Waals surface area contributed by atoms with E-state index in [0.29, 0.717) is 31.6 Å². The minimum absolute atomic E-state index is 0.0746. The Balaban J connectivity index is 1.47. The molecule has 2 aromatic rings.